The van der Waals surface area contributed by atoms with Crippen LogP contribution in [0.5, 0.6) is 5.75 Å². The summed E-state index contributed by atoms with van der Waals surface area (Å²) in [5.41, 5.74) is 5.27. The zero-order valence-electron chi connectivity index (χ0n) is 10.5. The molecule has 1 unspecified atom stereocenters. The van der Waals surface area contributed by atoms with Gasteiger partial charge in [-0.25, -0.2) is 8.78 Å². The normalized spacial score (nSPS) is 14.3. The van der Waals surface area contributed by atoms with Crippen LogP contribution in [0.2, 0.25) is 0 Å². The van der Waals surface area contributed by atoms with Crippen LogP contribution in [0.3, 0.4) is 0 Å². The Hall–Kier alpha value is -1.20. The first-order chi connectivity index (χ1) is 8.50. The van der Waals surface area contributed by atoms with Crippen molar-refractivity contribution in [1.29, 1.82) is 0 Å². The third kappa shape index (κ3) is 4.23. The fourth-order valence-corrected chi connectivity index (χ4v) is 1.56. The molecule has 1 aromatic carbocycles. The molecule has 1 aromatic rings. The van der Waals surface area contributed by atoms with Gasteiger partial charge in [0, 0.05) is 11.6 Å². The van der Waals surface area contributed by atoms with Gasteiger partial charge < -0.3 is 15.6 Å². The second-order valence-corrected chi connectivity index (χ2v) is 4.40. The van der Waals surface area contributed by atoms with Crippen molar-refractivity contribution < 1.29 is 18.6 Å². The van der Waals surface area contributed by atoms with E-state index in [1.165, 1.54) is 0 Å². The van der Waals surface area contributed by atoms with Gasteiger partial charge in [-0.1, -0.05) is 6.92 Å². The minimum absolute atomic E-state index is 0.0990. The molecule has 5 heteroatoms. The van der Waals surface area contributed by atoms with E-state index in [4.69, 9.17) is 15.6 Å². The van der Waals surface area contributed by atoms with E-state index >= 15 is 0 Å². The van der Waals surface area contributed by atoms with Crippen molar-refractivity contribution in [3.63, 3.8) is 0 Å². The highest BCUT2D eigenvalue weighted by molar-refractivity contribution is 5.24. The molecular weight excluding hydrogens is 240 g/mol. The van der Waals surface area contributed by atoms with Crippen LogP contribution >= 0.6 is 0 Å². The SMILES string of the molecule is CCC(N)(CO)CCCOc1cc(F)ccc1F. The molecule has 3 nitrogen and oxygen atoms in total. The van der Waals surface area contributed by atoms with Gasteiger partial charge in [0.25, 0.3) is 0 Å². The largest absolute Gasteiger partial charge is 0.490 e. The van der Waals surface area contributed by atoms with Crippen molar-refractivity contribution in [3.8, 4) is 5.75 Å². The zero-order valence-corrected chi connectivity index (χ0v) is 10.5. The maximum absolute atomic E-state index is 13.2. The Morgan fingerprint density at radius 3 is 2.72 bits per heavy atom. The number of ether oxygens (including phenoxy) is 1. The summed E-state index contributed by atoms with van der Waals surface area (Å²) in [5.74, 6) is -1.23. The van der Waals surface area contributed by atoms with Gasteiger partial charge in [0.2, 0.25) is 0 Å². The van der Waals surface area contributed by atoms with E-state index in [1.54, 1.807) is 0 Å². The number of halogens is 2. The number of nitrogens with two attached hydrogens (primary N) is 1. The van der Waals surface area contributed by atoms with Crippen LogP contribution in [0.4, 0.5) is 8.78 Å². The third-order valence-corrected chi connectivity index (χ3v) is 2.99. The molecule has 0 heterocycles. The predicted molar refractivity (Wildman–Crippen MR) is 65.4 cm³/mol. The second-order valence-electron chi connectivity index (χ2n) is 4.40. The van der Waals surface area contributed by atoms with Crippen LogP contribution < -0.4 is 10.5 Å². The Labute approximate surface area is 106 Å². The number of aliphatic hydroxyl groups excluding tert-OH is 1. The first kappa shape index (κ1) is 14.9. The molecule has 0 spiro atoms. The molecule has 0 saturated heterocycles. The molecule has 0 bridgehead atoms. The molecule has 0 fully saturated rings. The van der Waals surface area contributed by atoms with E-state index in [0.29, 0.717) is 19.3 Å². The van der Waals surface area contributed by atoms with Crippen LogP contribution in [0, 0.1) is 11.6 Å². The summed E-state index contributed by atoms with van der Waals surface area (Å²) in [6, 6.07) is 3.07. The summed E-state index contributed by atoms with van der Waals surface area (Å²) in [6.07, 6.45) is 1.79. The van der Waals surface area contributed by atoms with Crippen LogP contribution in [-0.2, 0) is 0 Å². The van der Waals surface area contributed by atoms with Gasteiger partial charge in [-0.3, -0.25) is 0 Å². The van der Waals surface area contributed by atoms with E-state index in [-0.39, 0.29) is 19.0 Å². The lowest BCUT2D eigenvalue weighted by molar-refractivity contribution is 0.171. The molecule has 0 aliphatic carbocycles. The predicted octanol–water partition coefficient (Wildman–Crippen LogP) is 2.22. The van der Waals surface area contributed by atoms with Crippen LogP contribution in [0.25, 0.3) is 0 Å². The maximum atomic E-state index is 13.2. The Kier molecular flexibility index (Phi) is 5.50. The Bertz CT molecular complexity index is 381. The highest BCUT2D eigenvalue weighted by atomic mass is 19.1. The molecule has 0 aliphatic heterocycles. The van der Waals surface area contributed by atoms with Crippen molar-refractivity contribution >= 4 is 0 Å². The van der Waals surface area contributed by atoms with E-state index in [9.17, 15) is 8.78 Å². The van der Waals surface area contributed by atoms with Crippen molar-refractivity contribution in [3.05, 3.63) is 29.8 Å². The summed E-state index contributed by atoms with van der Waals surface area (Å²) in [6.45, 7) is 2.03. The van der Waals surface area contributed by atoms with Crippen molar-refractivity contribution in [2.24, 2.45) is 5.73 Å². The van der Waals surface area contributed by atoms with Crippen LogP contribution in [0.1, 0.15) is 26.2 Å². The molecule has 18 heavy (non-hydrogen) atoms. The molecule has 1 rings (SSSR count). The Balaban J connectivity index is 2.40. The van der Waals surface area contributed by atoms with Gasteiger partial charge in [0.15, 0.2) is 11.6 Å². The molecule has 0 radical (unpaired) electrons. The maximum Gasteiger partial charge on any atom is 0.165 e. The highest BCUT2D eigenvalue weighted by Gasteiger charge is 2.20. The van der Waals surface area contributed by atoms with Crippen molar-refractivity contribution in [2.75, 3.05) is 13.2 Å². The van der Waals surface area contributed by atoms with Gasteiger partial charge in [0.1, 0.15) is 5.82 Å². The lowest BCUT2D eigenvalue weighted by atomic mass is 9.93. The smallest absolute Gasteiger partial charge is 0.165 e. The minimum Gasteiger partial charge on any atom is -0.490 e. The van der Waals surface area contributed by atoms with Crippen LogP contribution in [0.15, 0.2) is 18.2 Å². The van der Waals surface area contributed by atoms with Gasteiger partial charge in [-0.05, 0) is 31.4 Å². The second kappa shape index (κ2) is 6.66. The van der Waals surface area contributed by atoms with Crippen LogP contribution in [-0.4, -0.2) is 23.9 Å². The van der Waals surface area contributed by atoms with E-state index < -0.39 is 17.2 Å². The average Bonchev–Trinajstić information content (AvgIpc) is 2.38. The van der Waals surface area contributed by atoms with Gasteiger partial charge >= 0.3 is 0 Å². The summed E-state index contributed by atoms with van der Waals surface area (Å²) in [7, 11) is 0. The summed E-state index contributed by atoms with van der Waals surface area (Å²) in [4.78, 5) is 0. The van der Waals surface area contributed by atoms with Gasteiger partial charge in [-0.2, -0.15) is 0 Å². The number of benzene rings is 1. The fourth-order valence-electron chi connectivity index (χ4n) is 1.56. The Morgan fingerprint density at radius 1 is 1.39 bits per heavy atom. The summed E-state index contributed by atoms with van der Waals surface area (Å²) >= 11 is 0. The first-order valence-electron chi connectivity index (χ1n) is 5.98. The first-order valence-corrected chi connectivity index (χ1v) is 5.98. The minimum atomic E-state index is -0.621. The van der Waals surface area contributed by atoms with Crippen molar-refractivity contribution in [1.82, 2.24) is 0 Å². The summed E-state index contributed by atoms with van der Waals surface area (Å²) in [5, 5.41) is 9.11. The molecular formula is C13H19F2NO2. The molecule has 1 atom stereocenters. The number of hydrogen-bond donors (Lipinski definition) is 2. The molecule has 0 saturated carbocycles. The van der Waals surface area contributed by atoms with E-state index in [1.807, 2.05) is 6.92 Å². The zero-order chi connectivity index (χ0) is 13.6. The lowest BCUT2D eigenvalue weighted by Crippen LogP contribution is -2.43. The van der Waals surface area contributed by atoms with Crippen molar-refractivity contribution in [2.45, 2.75) is 31.7 Å². The molecule has 102 valence electrons. The Morgan fingerprint density at radius 2 is 2.11 bits per heavy atom. The number of rotatable bonds is 7. The molecule has 0 aliphatic rings. The van der Waals surface area contributed by atoms with Gasteiger partial charge in [0.05, 0.1) is 13.2 Å². The third-order valence-electron chi connectivity index (χ3n) is 2.99. The van der Waals surface area contributed by atoms with E-state index in [2.05, 4.69) is 0 Å². The number of hydrogen-bond acceptors (Lipinski definition) is 3. The quantitative estimate of drug-likeness (QED) is 0.738. The topological polar surface area (TPSA) is 55.5 Å². The highest BCUT2D eigenvalue weighted by Crippen LogP contribution is 2.19. The average molecular weight is 259 g/mol. The van der Waals surface area contributed by atoms with Gasteiger partial charge in [-0.15, -0.1) is 0 Å². The molecule has 0 aromatic heterocycles. The fraction of sp³-hybridized carbons (Fsp3) is 0.538. The standard InChI is InChI=1S/C13H19F2NO2/c1-2-13(16,9-17)6-3-7-18-12-8-10(14)4-5-11(12)15/h4-5,8,17H,2-3,6-7,9,16H2,1H3. The monoisotopic (exact) mass is 259 g/mol. The summed E-state index contributed by atoms with van der Waals surface area (Å²) < 4.78 is 31.2. The van der Waals surface area contributed by atoms with E-state index in [0.717, 1.165) is 18.2 Å². The molecule has 3 N–H and O–H groups in total. The lowest BCUT2D eigenvalue weighted by Gasteiger charge is -2.25. The number of aliphatic hydroxyl groups is 1. The molecule has 0 amide bonds.